The largest absolute Gasteiger partial charge is 0.368 e. The lowest BCUT2D eigenvalue weighted by Crippen LogP contribution is -2.31. The van der Waals surface area contributed by atoms with E-state index in [-0.39, 0.29) is 11.5 Å². The summed E-state index contributed by atoms with van der Waals surface area (Å²) in [5.74, 6) is 0. The van der Waals surface area contributed by atoms with Gasteiger partial charge in [-0.2, -0.15) is 5.10 Å². The highest BCUT2D eigenvalue weighted by molar-refractivity contribution is 6.07. The van der Waals surface area contributed by atoms with Crippen molar-refractivity contribution in [2.24, 2.45) is 10.4 Å². The summed E-state index contributed by atoms with van der Waals surface area (Å²) in [7, 11) is 4.10. The van der Waals surface area contributed by atoms with Gasteiger partial charge in [0.25, 0.3) is 0 Å². The van der Waals surface area contributed by atoms with E-state index in [0.29, 0.717) is 5.71 Å². The van der Waals surface area contributed by atoms with Crippen molar-refractivity contribution in [2.75, 3.05) is 19.4 Å². The first kappa shape index (κ1) is 23.5. The lowest BCUT2D eigenvalue weighted by atomic mass is 9.83. The highest BCUT2D eigenvalue weighted by Crippen LogP contribution is 2.61. The van der Waals surface area contributed by atoms with Crippen LogP contribution in [0.3, 0.4) is 0 Å². The summed E-state index contributed by atoms with van der Waals surface area (Å²) in [6, 6.07) is 18.5. The van der Waals surface area contributed by atoms with E-state index in [1.165, 1.54) is 5.56 Å². The maximum absolute atomic E-state index is 11.2. The summed E-state index contributed by atoms with van der Waals surface area (Å²) in [5.41, 5.74) is 7.66. The number of aliphatic imine (C=N–C) groups is 1. The van der Waals surface area contributed by atoms with E-state index in [1.807, 2.05) is 37.4 Å². The van der Waals surface area contributed by atoms with E-state index in [4.69, 9.17) is 9.98 Å². The van der Waals surface area contributed by atoms with Crippen LogP contribution in [-0.2, 0) is 13.0 Å². The molecule has 2 N–H and O–H groups in total. The minimum atomic E-state index is -0.916. The summed E-state index contributed by atoms with van der Waals surface area (Å²) < 4.78 is 1.79. The van der Waals surface area contributed by atoms with Crippen molar-refractivity contribution in [2.45, 2.75) is 38.6 Å². The molecule has 0 spiro atoms. The molecule has 37 heavy (non-hydrogen) atoms. The van der Waals surface area contributed by atoms with Gasteiger partial charge in [0.05, 0.1) is 11.8 Å². The smallest absolute Gasteiger partial charge is 0.167 e. The Bertz CT molecular complexity index is 1500. The normalized spacial score (nSPS) is 21.4. The van der Waals surface area contributed by atoms with E-state index >= 15 is 0 Å². The number of dihydropyridines is 1. The van der Waals surface area contributed by atoms with Gasteiger partial charge in [0.1, 0.15) is 6.33 Å². The molecule has 0 amide bonds. The van der Waals surface area contributed by atoms with Crippen LogP contribution in [0.1, 0.15) is 28.9 Å². The second-order valence-corrected chi connectivity index (χ2v) is 10.4. The van der Waals surface area contributed by atoms with Gasteiger partial charge in [-0.25, -0.2) is 9.50 Å². The fraction of sp³-hybridized carbons (Fsp3) is 0.310. The van der Waals surface area contributed by atoms with E-state index < -0.39 is 6.23 Å². The molecule has 3 unspecified atom stereocenters. The summed E-state index contributed by atoms with van der Waals surface area (Å²) in [6.07, 6.45) is 6.43. The molecule has 1 aliphatic carbocycles. The molecule has 1 fully saturated rings. The fourth-order valence-corrected chi connectivity index (χ4v) is 5.36. The third-order valence-electron chi connectivity index (χ3n) is 7.23. The second-order valence-electron chi connectivity index (χ2n) is 10.4. The number of anilines is 1. The van der Waals surface area contributed by atoms with Crippen molar-refractivity contribution < 1.29 is 5.11 Å². The third-order valence-corrected chi connectivity index (χ3v) is 7.23. The molecule has 0 bridgehead atoms. The fourth-order valence-electron chi connectivity index (χ4n) is 5.36. The number of fused-ring (bicyclic) bond motifs is 2. The quantitative estimate of drug-likeness (QED) is 0.363. The third kappa shape index (κ3) is 4.65. The Labute approximate surface area is 216 Å². The van der Waals surface area contributed by atoms with Gasteiger partial charge in [0, 0.05) is 41.7 Å². The number of hydrogen-bond acceptors (Lipinski definition) is 7. The predicted molar refractivity (Wildman–Crippen MR) is 145 cm³/mol. The Morgan fingerprint density at radius 1 is 1.14 bits per heavy atom. The number of benzene rings is 1. The molecule has 8 nitrogen and oxygen atoms in total. The lowest BCUT2D eigenvalue weighted by Gasteiger charge is -2.26. The average molecular weight is 494 g/mol. The van der Waals surface area contributed by atoms with Crippen LogP contribution in [0.5, 0.6) is 0 Å². The van der Waals surface area contributed by atoms with E-state index in [1.54, 1.807) is 10.8 Å². The molecule has 8 heteroatoms. The van der Waals surface area contributed by atoms with Crippen molar-refractivity contribution in [3.8, 4) is 0 Å². The number of aliphatic hydroxyl groups is 1. The topological polar surface area (TPSA) is 90.9 Å². The van der Waals surface area contributed by atoms with Gasteiger partial charge in [-0.3, -0.25) is 9.98 Å². The summed E-state index contributed by atoms with van der Waals surface area (Å²) >= 11 is 0. The molecule has 188 valence electrons. The summed E-state index contributed by atoms with van der Waals surface area (Å²) in [4.78, 5) is 16.2. The van der Waals surface area contributed by atoms with Crippen molar-refractivity contribution in [1.82, 2.24) is 24.5 Å². The zero-order chi connectivity index (χ0) is 25.6. The number of aryl methyl sites for hydroxylation is 1. The number of nitrogens with one attached hydrogen (secondary N) is 1. The van der Waals surface area contributed by atoms with Gasteiger partial charge < -0.3 is 15.3 Å². The van der Waals surface area contributed by atoms with E-state index in [0.717, 1.165) is 53.2 Å². The first-order valence-corrected chi connectivity index (χ1v) is 12.6. The minimum Gasteiger partial charge on any atom is -0.368 e. The number of nitrogens with zero attached hydrogens (tertiary/aromatic N) is 6. The van der Waals surface area contributed by atoms with Gasteiger partial charge in [0.2, 0.25) is 0 Å². The van der Waals surface area contributed by atoms with Crippen LogP contribution in [0.4, 0.5) is 5.69 Å². The molecular formula is C29H31N7O. The van der Waals surface area contributed by atoms with Crippen molar-refractivity contribution >= 4 is 22.6 Å². The molecule has 6 rings (SSSR count). The van der Waals surface area contributed by atoms with Crippen LogP contribution in [-0.4, -0.2) is 61.7 Å². The molecule has 1 saturated carbocycles. The summed E-state index contributed by atoms with van der Waals surface area (Å²) in [6.45, 7) is 2.89. The van der Waals surface area contributed by atoms with Gasteiger partial charge in [0.15, 0.2) is 11.9 Å². The number of pyridine rings is 2. The average Bonchev–Trinajstić information content (AvgIpc) is 3.38. The Morgan fingerprint density at radius 2 is 1.97 bits per heavy atom. The second kappa shape index (κ2) is 9.21. The first-order valence-electron chi connectivity index (χ1n) is 12.6. The molecule has 1 aliphatic heterocycles. The zero-order valence-electron chi connectivity index (χ0n) is 21.3. The van der Waals surface area contributed by atoms with Crippen LogP contribution >= 0.6 is 0 Å². The van der Waals surface area contributed by atoms with Crippen molar-refractivity contribution in [3.63, 3.8) is 0 Å². The van der Waals surface area contributed by atoms with Crippen molar-refractivity contribution in [3.05, 3.63) is 95.7 Å². The van der Waals surface area contributed by atoms with E-state index in [2.05, 4.69) is 70.8 Å². The molecular weight excluding hydrogens is 462 g/mol. The maximum Gasteiger partial charge on any atom is 0.167 e. The standard InChI is InChI=1S/C29H31N7O/c1-19-5-4-6-23(32-19)14-29-15-26(29)34-25(13-24(29)21-9-12-27-30-18-31-36(27)17-21)28(37)33-22-10-7-20(8-11-22)16-35(2)3/h4-13,17-18,26,28,33,37H,14-16H2,1-3H3. The monoisotopic (exact) mass is 493 g/mol. The van der Waals surface area contributed by atoms with Crippen molar-refractivity contribution in [1.29, 1.82) is 0 Å². The molecule has 1 aromatic carbocycles. The predicted octanol–water partition coefficient (Wildman–Crippen LogP) is 3.76. The molecule has 4 aromatic rings. The number of rotatable bonds is 8. The molecule has 0 saturated heterocycles. The van der Waals surface area contributed by atoms with Crippen LogP contribution < -0.4 is 5.32 Å². The van der Waals surface area contributed by atoms with Crippen LogP contribution in [0, 0.1) is 12.3 Å². The minimum absolute atomic E-state index is 0.0928. The number of aromatic nitrogens is 4. The Kier molecular flexibility index (Phi) is 5.85. The highest BCUT2D eigenvalue weighted by Gasteiger charge is 2.59. The Balaban J connectivity index is 1.31. The maximum atomic E-state index is 11.2. The SMILES string of the molecule is Cc1cccc(CC23CC2N=C(C(O)Nc2ccc(CN(C)C)cc2)C=C3c2ccc3ncnn3c2)n1. The van der Waals surface area contributed by atoms with Crippen LogP contribution in [0.25, 0.3) is 11.2 Å². The lowest BCUT2D eigenvalue weighted by molar-refractivity contribution is 0.270. The van der Waals surface area contributed by atoms with E-state index in [9.17, 15) is 5.11 Å². The molecule has 2 aliphatic rings. The van der Waals surface area contributed by atoms with Gasteiger partial charge in [-0.05, 0) is 86.6 Å². The Hall–Kier alpha value is -3.88. The van der Waals surface area contributed by atoms with Crippen LogP contribution in [0.2, 0.25) is 0 Å². The van der Waals surface area contributed by atoms with Gasteiger partial charge in [-0.15, -0.1) is 0 Å². The van der Waals surface area contributed by atoms with Gasteiger partial charge >= 0.3 is 0 Å². The molecule has 4 heterocycles. The first-order chi connectivity index (χ1) is 17.9. The Morgan fingerprint density at radius 3 is 2.76 bits per heavy atom. The molecule has 3 atom stereocenters. The van der Waals surface area contributed by atoms with Gasteiger partial charge in [-0.1, -0.05) is 18.2 Å². The highest BCUT2D eigenvalue weighted by atomic mass is 16.3. The van der Waals surface area contributed by atoms with Crippen LogP contribution in [0.15, 0.2) is 78.2 Å². The zero-order valence-corrected chi connectivity index (χ0v) is 21.3. The summed E-state index contributed by atoms with van der Waals surface area (Å²) in [5, 5.41) is 18.7. The molecule has 0 radical (unpaired) electrons. The number of hydrogen-bond donors (Lipinski definition) is 2. The number of aliphatic hydroxyl groups excluding tert-OH is 1. The molecule has 3 aromatic heterocycles.